The first kappa shape index (κ1) is 14.3. The van der Waals surface area contributed by atoms with Gasteiger partial charge < -0.3 is 15.0 Å². The average molecular weight is 254 g/mol. The summed E-state index contributed by atoms with van der Waals surface area (Å²) in [5, 5.41) is 3.73. The topological polar surface area (TPSA) is 24.5 Å². The average Bonchev–Trinajstić information content (AvgIpc) is 3.12. The number of rotatable bonds is 7. The highest BCUT2D eigenvalue weighted by Gasteiger charge is 2.43. The summed E-state index contributed by atoms with van der Waals surface area (Å²) in [7, 11) is 0. The molecule has 1 unspecified atom stereocenters. The van der Waals surface area contributed by atoms with Gasteiger partial charge in [0, 0.05) is 44.9 Å². The van der Waals surface area contributed by atoms with Crippen molar-refractivity contribution in [3.05, 3.63) is 0 Å². The van der Waals surface area contributed by atoms with Crippen molar-refractivity contribution in [2.75, 3.05) is 39.4 Å². The lowest BCUT2D eigenvalue weighted by atomic mass is 9.93. The molecule has 3 heteroatoms. The van der Waals surface area contributed by atoms with Gasteiger partial charge in [-0.2, -0.15) is 0 Å². The zero-order valence-corrected chi connectivity index (χ0v) is 12.4. The molecule has 1 heterocycles. The van der Waals surface area contributed by atoms with Gasteiger partial charge in [0.2, 0.25) is 0 Å². The fourth-order valence-corrected chi connectivity index (χ4v) is 2.99. The van der Waals surface area contributed by atoms with Crippen molar-refractivity contribution in [2.45, 2.75) is 45.6 Å². The Bertz CT molecular complexity index is 253. The molecule has 2 aliphatic rings. The fourth-order valence-electron chi connectivity index (χ4n) is 2.99. The van der Waals surface area contributed by atoms with Crippen molar-refractivity contribution in [3.63, 3.8) is 0 Å². The van der Waals surface area contributed by atoms with Gasteiger partial charge in [-0.3, -0.25) is 0 Å². The van der Waals surface area contributed by atoms with E-state index in [1.165, 1.54) is 38.9 Å². The van der Waals surface area contributed by atoms with Crippen LogP contribution >= 0.6 is 0 Å². The molecular formula is C15H30N2O. The van der Waals surface area contributed by atoms with Crippen LogP contribution < -0.4 is 5.32 Å². The fraction of sp³-hybridized carbons (Fsp3) is 1.00. The van der Waals surface area contributed by atoms with Crippen LogP contribution in [0.5, 0.6) is 0 Å². The van der Waals surface area contributed by atoms with Gasteiger partial charge in [0.05, 0.1) is 0 Å². The quantitative estimate of drug-likeness (QED) is 0.704. The molecule has 1 atom stereocenters. The van der Waals surface area contributed by atoms with E-state index in [4.69, 9.17) is 4.74 Å². The highest BCUT2D eigenvalue weighted by atomic mass is 16.5. The lowest BCUT2D eigenvalue weighted by Crippen LogP contribution is -2.60. The van der Waals surface area contributed by atoms with Gasteiger partial charge in [0.1, 0.15) is 0 Å². The molecule has 106 valence electrons. The molecule has 1 aliphatic heterocycles. The van der Waals surface area contributed by atoms with Crippen LogP contribution in [-0.2, 0) is 4.74 Å². The van der Waals surface area contributed by atoms with Gasteiger partial charge in [-0.1, -0.05) is 13.8 Å². The molecule has 1 saturated heterocycles. The summed E-state index contributed by atoms with van der Waals surface area (Å²) in [5.41, 5.74) is 0.386. The van der Waals surface area contributed by atoms with E-state index in [2.05, 4.69) is 31.0 Å². The monoisotopic (exact) mass is 254 g/mol. The van der Waals surface area contributed by atoms with Crippen LogP contribution in [0.1, 0.15) is 40.0 Å². The lowest BCUT2D eigenvalue weighted by Gasteiger charge is -2.42. The molecule has 2 rings (SSSR count). The molecule has 0 bridgehead atoms. The molecule has 0 aromatic heterocycles. The molecule has 0 radical (unpaired) electrons. The third kappa shape index (κ3) is 4.22. The Morgan fingerprint density at radius 1 is 1.39 bits per heavy atom. The van der Waals surface area contributed by atoms with Crippen molar-refractivity contribution in [2.24, 2.45) is 11.8 Å². The molecule has 0 aromatic rings. The highest BCUT2D eigenvalue weighted by Crippen LogP contribution is 2.40. The Morgan fingerprint density at radius 2 is 2.17 bits per heavy atom. The second-order valence-corrected chi connectivity index (χ2v) is 6.72. The molecule has 0 amide bonds. The maximum Gasteiger partial charge on any atom is 0.0489 e. The standard InChI is InChI=1S/C15H30N2O/c1-13(2)11-18-10-4-8-17-9-7-16-15(3,12-17)14-5-6-14/h13-14,16H,4-12H2,1-3H3. The number of piperazine rings is 1. The molecule has 2 fully saturated rings. The second kappa shape index (κ2) is 6.36. The summed E-state index contributed by atoms with van der Waals surface area (Å²) in [6.07, 6.45) is 4.02. The summed E-state index contributed by atoms with van der Waals surface area (Å²) in [5.74, 6) is 1.58. The Morgan fingerprint density at radius 3 is 2.83 bits per heavy atom. The Labute approximate surface area is 112 Å². The van der Waals surface area contributed by atoms with E-state index in [0.717, 1.165) is 25.7 Å². The first-order chi connectivity index (χ1) is 8.60. The summed E-state index contributed by atoms with van der Waals surface area (Å²) < 4.78 is 5.66. The van der Waals surface area contributed by atoms with E-state index in [0.29, 0.717) is 11.5 Å². The van der Waals surface area contributed by atoms with Gasteiger partial charge in [-0.05, 0) is 38.0 Å². The molecule has 1 N–H and O–H groups in total. The molecule has 0 aromatic carbocycles. The maximum atomic E-state index is 5.66. The van der Waals surface area contributed by atoms with Crippen LogP contribution in [0.3, 0.4) is 0 Å². The maximum absolute atomic E-state index is 5.66. The van der Waals surface area contributed by atoms with Crippen LogP contribution in [0.2, 0.25) is 0 Å². The van der Waals surface area contributed by atoms with Crippen molar-refractivity contribution in [3.8, 4) is 0 Å². The minimum atomic E-state index is 0.386. The number of hydrogen-bond donors (Lipinski definition) is 1. The SMILES string of the molecule is CC(C)COCCCN1CCNC(C)(C2CC2)C1. The predicted molar refractivity (Wildman–Crippen MR) is 75.8 cm³/mol. The van der Waals surface area contributed by atoms with Crippen molar-refractivity contribution in [1.82, 2.24) is 10.2 Å². The van der Waals surface area contributed by atoms with Crippen LogP contribution in [0.25, 0.3) is 0 Å². The number of nitrogens with one attached hydrogen (secondary N) is 1. The number of hydrogen-bond acceptors (Lipinski definition) is 3. The third-order valence-corrected chi connectivity index (χ3v) is 4.20. The highest BCUT2D eigenvalue weighted by molar-refractivity contribution is 5.01. The minimum Gasteiger partial charge on any atom is -0.381 e. The van der Waals surface area contributed by atoms with E-state index < -0.39 is 0 Å². The summed E-state index contributed by atoms with van der Waals surface area (Å²) in [6, 6.07) is 0. The van der Waals surface area contributed by atoms with Gasteiger partial charge in [0.25, 0.3) is 0 Å². The van der Waals surface area contributed by atoms with Crippen molar-refractivity contribution >= 4 is 0 Å². The predicted octanol–water partition coefficient (Wildman–Crippen LogP) is 2.12. The van der Waals surface area contributed by atoms with Crippen LogP contribution in [0.15, 0.2) is 0 Å². The minimum absolute atomic E-state index is 0.386. The molecule has 1 saturated carbocycles. The van der Waals surface area contributed by atoms with E-state index in [1.54, 1.807) is 0 Å². The van der Waals surface area contributed by atoms with Crippen LogP contribution in [0.4, 0.5) is 0 Å². The molecule has 1 aliphatic carbocycles. The van der Waals surface area contributed by atoms with E-state index in [9.17, 15) is 0 Å². The Kier molecular flexibility index (Phi) is 5.05. The number of nitrogens with zero attached hydrogens (tertiary/aromatic N) is 1. The van der Waals surface area contributed by atoms with Gasteiger partial charge >= 0.3 is 0 Å². The largest absolute Gasteiger partial charge is 0.381 e. The smallest absolute Gasteiger partial charge is 0.0489 e. The van der Waals surface area contributed by atoms with Gasteiger partial charge in [0.15, 0.2) is 0 Å². The number of ether oxygens (including phenoxy) is 1. The zero-order valence-electron chi connectivity index (χ0n) is 12.4. The van der Waals surface area contributed by atoms with Crippen molar-refractivity contribution < 1.29 is 4.74 Å². The molecule has 18 heavy (non-hydrogen) atoms. The Hall–Kier alpha value is -0.120. The van der Waals surface area contributed by atoms with E-state index in [1.807, 2.05) is 0 Å². The van der Waals surface area contributed by atoms with E-state index >= 15 is 0 Å². The van der Waals surface area contributed by atoms with E-state index in [-0.39, 0.29) is 0 Å². The van der Waals surface area contributed by atoms with Gasteiger partial charge in [-0.25, -0.2) is 0 Å². The molecule has 3 nitrogen and oxygen atoms in total. The van der Waals surface area contributed by atoms with Crippen LogP contribution in [-0.4, -0.2) is 49.8 Å². The molecule has 0 spiro atoms. The zero-order chi connectivity index (χ0) is 13.0. The van der Waals surface area contributed by atoms with Crippen LogP contribution in [0, 0.1) is 11.8 Å². The lowest BCUT2D eigenvalue weighted by molar-refractivity contribution is 0.0835. The normalized spacial score (nSPS) is 30.0. The van der Waals surface area contributed by atoms with Crippen molar-refractivity contribution in [1.29, 1.82) is 0 Å². The summed E-state index contributed by atoms with van der Waals surface area (Å²) >= 11 is 0. The third-order valence-electron chi connectivity index (χ3n) is 4.20. The summed E-state index contributed by atoms with van der Waals surface area (Å²) in [4.78, 5) is 2.62. The second-order valence-electron chi connectivity index (χ2n) is 6.72. The summed E-state index contributed by atoms with van der Waals surface area (Å²) in [6.45, 7) is 13.4. The van der Waals surface area contributed by atoms with Gasteiger partial charge in [-0.15, -0.1) is 0 Å². The first-order valence-electron chi connectivity index (χ1n) is 7.65. The first-order valence-corrected chi connectivity index (χ1v) is 7.65. The Balaban J connectivity index is 1.61. The molecular weight excluding hydrogens is 224 g/mol.